The van der Waals surface area contributed by atoms with Crippen LogP contribution in [-0.2, 0) is 6.42 Å². The summed E-state index contributed by atoms with van der Waals surface area (Å²) in [6.45, 7) is 0. The summed E-state index contributed by atoms with van der Waals surface area (Å²) in [6.07, 6.45) is 6.66. The molecular weight excluding hydrogens is 520 g/mol. The largest absolute Gasteiger partial charge is 0.227 e. The minimum atomic E-state index is 0.665. The van der Waals surface area contributed by atoms with Gasteiger partial charge in [0.15, 0.2) is 5.82 Å². The third kappa shape index (κ3) is 4.11. The van der Waals surface area contributed by atoms with Gasteiger partial charge in [-0.05, 0) is 81.6 Å². The minimum absolute atomic E-state index is 0.665. The molecule has 7 aromatic rings. The van der Waals surface area contributed by atoms with Crippen LogP contribution in [0.2, 0.25) is 5.02 Å². The fourth-order valence-corrected chi connectivity index (χ4v) is 6.48. The smallest absolute Gasteiger partial charge is 0.160 e. The Bertz CT molecular complexity index is 2160. The third-order valence-corrected chi connectivity index (χ3v) is 8.37. The zero-order valence-electron chi connectivity index (χ0n) is 22.3. The van der Waals surface area contributed by atoms with Crippen LogP contribution in [-0.4, -0.2) is 9.97 Å². The summed E-state index contributed by atoms with van der Waals surface area (Å²) >= 11 is 6.84. The number of aromatic nitrogens is 2. The number of hydrogen-bond donors (Lipinski definition) is 0. The maximum atomic E-state index is 6.84. The van der Waals surface area contributed by atoms with Gasteiger partial charge in [0.2, 0.25) is 0 Å². The predicted octanol–water partition coefficient (Wildman–Crippen LogP) is 10.5. The first-order valence-corrected chi connectivity index (χ1v) is 14.4. The Morgan fingerprint density at radius 1 is 0.585 bits per heavy atom. The number of allylic oxidation sites excluding steroid dienone is 1. The molecule has 1 aliphatic carbocycles. The lowest BCUT2D eigenvalue weighted by atomic mass is 9.87. The fourth-order valence-electron chi connectivity index (χ4n) is 6.24. The van der Waals surface area contributed by atoms with E-state index >= 15 is 0 Å². The molecular formula is C38H25ClN2. The standard InChI is InChI=1S/C38H25ClN2/c39-29-21-27(35-23-26-13-5-6-14-30(26)32-16-8-9-17-33(32)35)20-28(22-29)38-40-36(25-11-2-1-3-12-25)34-19-18-24-10-4-7-15-31(24)37(34)41-38/h1-5,7-13,15-23H,6,14H2. The molecule has 1 aromatic heterocycles. The van der Waals surface area contributed by atoms with Gasteiger partial charge in [0, 0.05) is 26.9 Å². The topological polar surface area (TPSA) is 25.8 Å². The van der Waals surface area contributed by atoms with Crippen LogP contribution in [0.3, 0.4) is 0 Å². The van der Waals surface area contributed by atoms with Crippen LogP contribution < -0.4 is 0 Å². The molecule has 0 amide bonds. The van der Waals surface area contributed by atoms with Crippen molar-refractivity contribution in [1.82, 2.24) is 9.97 Å². The Hall–Kier alpha value is -4.79. The summed E-state index contributed by atoms with van der Waals surface area (Å²) in [5.74, 6) is 0.665. The van der Waals surface area contributed by atoms with E-state index in [0.29, 0.717) is 10.8 Å². The van der Waals surface area contributed by atoms with Crippen molar-refractivity contribution >= 4 is 50.1 Å². The Morgan fingerprint density at radius 2 is 1.34 bits per heavy atom. The van der Waals surface area contributed by atoms with Gasteiger partial charge >= 0.3 is 0 Å². The highest BCUT2D eigenvalue weighted by Crippen LogP contribution is 2.39. The van der Waals surface area contributed by atoms with Crippen molar-refractivity contribution in [3.8, 4) is 33.8 Å². The lowest BCUT2D eigenvalue weighted by Crippen LogP contribution is -1.98. The maximum Gasteiger partial charge on any atom is 0.160 e. The van der Waals surface area contributed by atoms with Gasteiger partial charge in [0.25, 0.3) is 0 Å². The van der Waals surface area contributed by atoms with E-state index in [4.69, 9.17) is 21.6 Å². The second kappa shape index (κ2) is 9.69. The van der Waals surface area contributed by atoms with E-state index in [2.05, 4.69) is 115 Å². The van der Waals surface area contributed by atoms with Gasteiger partial charge in [-0.25, -0.2) is 9.97 Å². The predicted molar refractivity (Wildman–Crippen MR) is 173 cm³/mol. The van der Waals surface area contributed by atoms with Crippen molar-refractivity contribution < 1.29 is 0 Å². The first kappa shape index (κ1) is 24.0. The summed E-state index contributed by atoms with van der Waals surface area (Å²) in [4.78, 5) is 10.4. The third-order valence-electron chi connectivity index (χ3n) is 8.15. The first-order chi connectivity index (χ1) is 20.2. The van der Waals surface area contributed by atoms with Crippen molar-refractivity contribution in [2.24, 2.45) is 0 Å². The monoisotopic (exact) mass is 544 g/mol. The Morgan fingerprint density at radius 3 is 2.22 bits per heavy atom. The molecule has 0 N–H and O–H groups in total. The molecule has 0 unspecified atom stereocenters. The van der Waals surface area contributed by atoms with Crippen LogP contribution in [0.4, 0.5) is 0 Å². The summed E-state index contributed by atoms with van der Waals surface area (Å²) in [5.41, 5.74) is 8.76. The first-order valence-electron chi connectivity index (χ1n) is 14.0. The van der Waals surface area contributed by atoms with Crippen LogP contribution in [0.5, 0.6) is 0 Å². The average molecular weight is 545 g/mol. The van der Waals surface area contributed by atoms with Gasteiger partial charge in [0.05, 0.1) is 11.2 Å². The fraction of sp³-hybridized carbons (Fsp3) is 0.0526. The Labute approximate surface area is 243 Å². The molecule has 0 saturated heterocycles. The number of aryl methyl sites for hydroxylation is 1. The number of rotatable bonds is 3. The Balaban J connectivity index is 1.39. The molecule has 41 heavy (non-hydrogen) atoms. The van der Waals surface area contributed by atoms with Gasteiger partial charge in [0.1, 0.15) is 0 Å². The summed E-state index contributed by atoms with van der Waals surface area (Å²) in [7, 11) is 0. The summed E-state index contributed by atoms with van der Waals surface area (Å²) < 4.78 is 0. The molecule has 2 nitrogen and oxygen atoms in total. The highest BCUT2D eigenvalue weighted by atomic mass is 35.5. The molecule has 1 heterocycles. The van der Waals surface area contributed by atoms with E-state index < -0.39 is 0 Å². The molecule has 0 aliphatic heterocycles. The zero-order chi connectivity index (χ0) is 27.3. The molecule has 6 aromatic carbocycles. The van der Waals surface area contributed by atoms with Crippen LogP contribution >= 0.6 is 11.6 Å². The van der Waals surface area contributed by atoms with Crippen LogP contribution in [0.1, 0.15) is 17.5 Å². The van der Waals surface area contributed by atoms with Gasteiger partial charge in [-0.1, -0.05) is 109 Å². The maximum absolute atomic E-state index is 6.84. The summed E-state index contributed by atoms with van der Waals surface area (Å²) in [5, 5.41) is 6.52. The average Bonchev–Trinajstić information content (AvgIpc) is 3.04. The van der Waals surface area contributed by atoms with E-state index in [0.717, 1.165) is 56.9 Å². The molecule has 1 aliphatic rings. The minimum Gasteiger partial charge on any atom is -0.227 e. The van der Waals surface area contributed by atoms with Crippen molar-refractivity contribution in [2.75, 3.05) is 0 Å². The molecule has 0 spiro atoms. The van der Waals surface area contributed by atoms with E-state index in [1.165, 1.54) is 27.5 Å². The molecule has 0 saturated carbocycles. The van der Waals surface area contributed by atoms with Crippen LogP contribution in [0.25, 0.3) is 72.3 Å². The lowest BCUT2D eigenvalue weighted by Gasteiger charge is -2.18. The number of fused-ring (bicyclic) bond motifs is 6. The van der Waals surface area contributed by atoms with Crippen molar-refractivity contribution in [3.63, 3.8) is 0 Å². The van der Waals surface area contributed by atoms with Crippen molar-refractivity contribution in [3.05, 3.63) is 137 Å². The molecule has 0 atom stereocenters. The van der Waals surface area contributed by atoms with Gasteiger partial charge < -0.3 is 0 Å². The van der Waals surface area contributed by atoms with Gasteiger partial charge in [-0.2, -0.15) is 0 Å². The van der Waals surface area contributed by atoms with E-state index in [1.54, 1.807) is 0 Å². The second-order valence-corrected chi connectivity index (χ2v) is 11.1. The highest BCUT2D eigenvalue weighted by molar-refractivity contribution is 6.31. The number of nitrogens with zero attached hydrogens (tertiary/aromatic N) is 2. The normalized spacial score (nSPS) is 12.7. The van der Waals surface area contributed by atoms with Gasteiger partial charge in [-0.15, -0.1) is 0 Å². The number of halogens is 1. The lowest BCUT2D eigenvalue weighted by molar-refractivity contribution is 0.997. The highest BCUT2D eigenvalue weighted by Gasteiger charge is 2.17. The quantitative estimate of drug-likeness (QED) is 0.207. The Kier molecular flexibility index (Phi) is 5.68. The van der Waals surface area contributed by atoms with E-state index in [9.17, 15) is 0 Å². The molecule has 0 radical (unpaired) electrons. The van der Waals surface area contributed by atoms with E-state index in [1.807, 2.05) is 12.1 Å². The van der Waals surface area contributed by atoms with Crippen LogP contribution in [0.15, 0.2) is 121 Å². The zero-order valence-corrected chi connectivity index (χ0v) is 23.1. The second-order valence-electron chi connectivity index (χ2n) is 10.7. The van der Waals surface area contributed by atoms with Gasteiger partial charge in [-0.3, -0.25) is 0 Å². The van der Waals surface area contributed by atoms with Crippen LogP contribution in [0, 0.1) is 0 Å². The number of benzene rings is 6. The molecule has 0 bridgehead atoms. The summed E-state index contributed by atoms with van der Waals surface area (Å²) in [6, 6.07) is 40.3. The SMILES string of the molecule is Clc1cc(-c2nc(-c3ccccc3)c3ccc4ccccc4c3n2)cc(-c2cc3c(c4ccccc24)CCC=C3)c1. The van der Waals surface area contributed by atoms with Crippen molar-refractivity contribution in [2.45, 2.75) is 12.8 Å². The molecule has 3 heteroatoms. The molecule has 8 rings (SSSR count). The number of hydrogen-bond acceptors (Lipinski definition) is 2. The molecule has 0 fully saturated rings. The van der Waals surface area contributed by atoms with Crippen molar-refractivity contribution in [1.29, 1.82) is 0 Å². The molecule has 194 valence electrons. The van der Waals surface area contributed by atoms with E-state index in [-0.39, 0.29) is 0 Å².